The molecular formula is C29H47NO7. The van der Waals surface area contributed by atoms with Crippen molar-refractivity contribution in [2.24, 2.45) is 5.92 Å². The highest BCUT2D eigenvalue weighted by Crippen LogP contribution is 2.56. The van der Waals surface area contributed by atoms with Crippen LogP contribution < -0.4 is 4.74 Å². The van der Waals surface area contributed by atoms with Crippen LogP contribution in [-0.2, 0) is 40.3 Å². The fourth-order valence-electron chi connectivity index (χ4n) is 6.61. The molecule has 4 rings (SSSR count). The molecular weight excluding hydrogens is 474 g/mol. The average Bonchev–Trinajstić information content (AvgIpc) is 2.92. The molecule has 8 heteroatoms. The first-order chi connectivity index (χ1) is 18.2. The Morgan fingerprint density at radius 2 is 1.49 bits per heavy atom. The molecule has 1 saturated heterocycles. The maximum atomic E-state index is 6.37. The Balaban J connectivity index is 1.13. The second-order valence-corrected chi connectivity index (χ2v) is 10.5. The summed E-state index contributed by atoms with van der Waals surface area (Å²) < 4.78 is 39.1. The topological polar surface area (TPSA) is 67.9 Å². The van der Waals surface area contributed by atoms with Gasteiger partial charge in [-0.2, -0.15) is 0 Å². The maximum absolute atomic E-state index is 6.37. The van der Waals surface area contributed by atoms with Gasteiger partial charge >= 0.3 is 0 Å². The van der Waals surface area contributed by atoms with E-state index in [1.54, 1.807) is 14.2 Å². The molecule has 0 aromatic heterocycles. The molecule has 0 N–H and O–H groups in total. The third kappa shape index (κ3) is 7.44. The van der Waals surface area contributed by atoms with Crippen molar-refractivity contribution in [1.29, 1.82) is 0 Å². The first kappa shape index (κ1) is 28.7. The van der Waals surface area contributed by atoms with Gasteiger partial charge in [-0.15, -0.1) is 0 Å². The average molecular weight is 522 g/mol. The van der Waals surface area contributed by atoms with Gasteiger partial charge in [-0.25, -0.2) is 0 Å². The lowest BCUT2D eigenvalue weighted by Crippen LogP contribution is -2.61. The van der Waals surface area contributed by atoms with Crippen LogP contribution in [0.2, 0.25) is 0 Å². The van der Waals surface area contributed by atoms with E-state index in [1.807, 2.05) is 0 Å². The van der Waals surface area contributed by atoms with E-state index < -0.39 is 0 Å². The van der Waals surface area contributed by atoms with Gasteiger partial charge in [0.2, 0.25) is 0 Å². The summed E-state index contributed by atoms with van der Waals surface area (Å²) >= 11 is 0. The SMILES string of the molecule is COCCOCCOCCOCCOCCO[C@H]1CC[C@H]2[C@H]3Cc4ccc(OC)cc4[C@@]2(CCN3C)C1. The maximum Gasteiger partial charge on any atom is 0.119 e. The molecule has 1 saturated carbocycles. The summed E-state index contributed by atoms with van der Waals surface area (Å²) in [6, 6.07) is 7.37. The molecule has 3 aliphatic rings. The number of methoxy groups -OCH3 is 2. The van der Waals surface area contributed by atoms with E-state index in [9.17, 15) is 0 Å². The molecule has 2 bridgehead atoms. The molecule has 1 heterocycles. The highest BCUT2D eigenvalue weighted by Gasteiger charge is 2.55. The van der Waals surface area contributed by atoms with Crippen LogP contribution in [-0.4, -0.2) is 111 Å². The van der Waals surface area contributed by atoms with Gasteiger partial charge in [-0.3, -0.25) is 0 Å². The lowest BCUT2D eigenvalue weighted by molar-refractivity contribution is -0.0774. The zero-order valence-electron chi connectivity index (χ0n) is 23.1. The van der Waals surface area contributed by atoms with Gasteiger partial charge < -0.3 is 38.1 Å². The summed E-state index contributed by atoms with van der Waals surface area (Å²) in [7, 11) is 5.74. The Labute approximate surface area is 222 Å². The van der Waals surface area contributed by atoms with Crippen LogP contribution in [0.1, 0.15) is 36.8 Å². The normalized spacial score (nSPS) is 27.1. The highest BCUT2D eigenvalue weighted by atomic mass is 16.6. The largest absolute Gasteiger partial charge is 0.497 e. The van der Waals surface area contributed by atoms with Crippen molar-refractivity contribution in [3.8, 4) is 5.75 Å². The van der Waals surface area contributed by atoms with Gasteiger partial charge in [0.15, 0.2) is 0 Å². The number of piperidine rings is 1. The van der Waals surface area contributed by atoms with Crippen LogP contribution in [0.4, 0.5) is 0 Å². The molecule has 4 atom stereocenters. The zero-order valence-corrected chi connectivity index (χ0v) is 23.1. The van der Waals surface area contributed by atoms with Crippen LogP contribution in [0.3, 0.4) is 0 Å². The van der Waals surface area contributed by atoms with Crippen LogP contribution in [0, 0.1) is 5.92 Å². The first-order valence-electron chi connectivity index (χ1n) is 14.0. The lowest BCUT2D eigenvalue weighted by Gasteiger charge is -2.59. The Hall–Kier alpha value is -1.26. The van der Waals surface area contributed by atoms with E-state index in [0.29, 0.717) is 78.0 Å². The van der Waals surface area contributed by atoms with E-state index in [4.69, 9.17) is 33.2 Å². The fourth-order valence-corrected chi connectivity index (χ4v) is 6.61. The number of hydrogen-bond acceptors (Lipinski definition) is 8. The van der Waals surface area contributed by atoms with Crippen molar-refractivity contribution in [3.63, 3.8) is 0 Å². The summed E-state index contributed by atoms with van der Waals surface area (Å²) in [5, 5.41) is 0. The van der Waals surface area contributed by atoms with Crippen molar-refractivity contribution < 1.29 is 33.2 Å². The van der Waals surface area contributed by atoms with Gasteiger partial charge in [0, 0.05) is 18.6 Å². The summed E-state index contributed by atoms with van der Waals surface area (Å²) in [6.45, 7) is 7.00. The molecule has 8 nitrogen and oxygen atoms in total. The lowest BCUT2D eigenvalue weighted by atomic mass is 9.52. The van der Waals surface area contributed by atoms with E-state index >= 15 is 0 Å². The van der Waals surface area contributed by atoms with Gasteiger partial charge in [0.05, 0.1) is 79.3 Å². The monoisotopic (exact) mass is 521 g/mol. The third-order valence-electron chi connectivity index (χ3n) is 8.45. The summed E-state index contributed by atoms with van der Waals surface area (Å²) in [5.41, 5.74) is 3.22. The molecule has 2 aliphatic carbocycles. The molecule has 2 fully saturated rings. The molecule has 0 unspecified atom stereocenters. The number of fused-ring (bicyclic) bond motifs is 1. The quantitative estimate of drug-likeness (QED) is 0.290. The van der Waals surface area contributed by atoms with Gasteiger partial charge in [0.1, 0.15) is 5.75 Å². The molecule has 0 radical (unpaired) electrons. The van der Waals surface area contributed by atoms with Crippen molar-refractivity contribution in [1.82, 2.24) is 4.90 Å². The number of nitrogens with zero attached hydrogens (tertiary/aromatic N) is 1. The number of rotatable bonds is 17. The van der Waals surface area contributed by atoms with Crippen LogP contribution >= 0.6 is 0 Å². The second-order valence-electron chi connectivity index (χ2n) is 10.5. The summed E-state index contributed by atoms with van der Waals surface area (Å²) in [6.07, 6.45) is 6.10. The van der Waals surface area contributed by atoms with Crippen molar-refractivity contribution in [2.45, 2.75) is 49.7 Å². The number of benzene rings is 1. The van der Waals surface area contributed by atoms with Gasteiger partial charge in [-0.1, -0.05) is 6.07 Å². The first-order valence-corrected chi connectivity index (χ1v) is 14.0. The molecule has 0 amide bonds. The zero-order chi connectivity index (χ0) is 25.9. The van der Waals surface area contributed by atoms with Crippen molar-refractivity contribution in [3.05, 3.63) is 29.3 Å². The Morgan fingerprint density at radius 1 is 0.838 bits per heavy atom. The Bertz CT molecular complexity index is 808. The standard InChI is InChI=1S/C29H47NO7/c1-30-9-8-29-22-25(6-7-26(29)28(30)20-23-4-5-24(32-3)21-27(23)29)37-19-18-36-17-16-35-15-14-34-13-12-33-11-10-31-2/h4-5,21,25-26,28H,6-20,22H2,1-3H3/t25-,26-,28+,29-/m0/s1. The minimum absolute atomic E-state index is 0.203. The Kier molecular flexibility index (Phi) is 11.5. The van der Waals surface area contributed by atoms with Gasteiger partial charge in [-0.05, 0) is 74.9 Å². The minimum Gasteiger partial charge on any atom is -0.497 e. The second kappa shape index (κ2) is 14.8. The van der Waals surface area contributed by atoms with Crippen LogP contribution in [0.5, 0.6) is 5.75 Å². The van der Waals surface area contributed by atoms with Crippen molar-refractivity contribution >= 4 is 0 Å². The van der Waals surface area contributed by atoms with E-state index in [-0.39, 0.29) is 11.5 Å². The predicted octanol–water partition coefficient (Wildman–Crippen LogP) is 3.09. The number of hydrogen-bond donors (Lipinski definition) is 0. The van der Waals surface area contributed by atoms with Crippen LogP contribution in [0.25, 0.3) is 0 Å². The van der Waals surface area contributed by atoms with Crippen LogP contribution in [0.15, 0.2) is 18.2 Å². The van der Waals surface area contributed by atoms with Crippen molar-refractivity contribution in [2.75, 3.05) is 93.9 Å². The third-order valence-corrected chi connectivity index (χ3v) is 8.45. The number of likely N-dealkylation sites (tertiary alicyclic amines) is 1. The molecule has 210 valence electrons. The fraction of sp³-hybridized carbons (Fsp3) is 0.793. The predicted molar refractivity (Wildman–Crippen MR) is 142 cm³/mol. The highest BCUT2D eigenvalue weighted by molar-refractivity contribution is 5.45. The molecule has 1 aromatic carbocycles. The van der Waals surface area contributed by atoms with E-state index in [1.165, 1.54) is 24.0 Å². The van der Waals surface area contributed by atoms with E-state index in [2.05, 4.69) is 30.1 Å². The molecule has 1 aromatic rings. The molecule has 37 heavy (non-hydrogen) atoms. The summed E-state index contributed by atoms with van der Waals surface area (Å²) in [5.74, 6) is 1.67. The van der Waals surface area contributed by atoms with Gasteiger partial charge in [0.25, 0.3) is 0 Å². The minimum atomic E-state index is 0.203. The summed E-state index contributed by atoms with van der Waals surface area (Å²) in [4.78, 5) is 2.60. The number of likely N-dealkylation sites (N-methyl/N-ethyl adjacent to an activating group) is 1. The Morgan fingerprint density at radius 3 is 2.14 bits per heavy atom. The smallest absolute Gasteiger partial charge is 0.119 e. The number of ether oxygens (including phenoxy) is 7. The van der Waals surface area contributed by atoms with E-state index in [0.717, 1.165) is 31.6 Å². The molecule has 0 spiro atoms. The molecule has 1 aliphatic heterocycles.